The number of carbonyl (C=O) groups excluding carboxylic acids is 1. The summed E-state index contributed by atoms with van der Waals surface area (Å²) < 4.78 is 37.1. The molecule has 0 spiro atoms. The van der Waals surface area contributed by atoms with Crippen molar-refractivity contribution in [3.63, 3.8) is 0 Å². The van der Waals surface area contributed by atoms with Gasteiger partial charge in [-0.1, -0.05) is 22.0 Å². The van der Waals surface area contributed by atoms with Gasteiger partial charge in [-0.15, -0.1) is 0 Å². The van der Waals surface area contributed by atoms with Crippen molar-refractivity contribution >= 4 is 45.5 Å². The summed E-state index contributed by atoms with van der Waals surface area (Å²) in [5.41, 5.74) is -3.79. The molecule has 0 radical (unpaired) electrons. The number of benzene rings is 1. The Balaban J connectivity index is 3.26. The first-order valence-electron chi connectivity index (χ1n) is 5.55. The highest BCUT2D eigenvalue weighted by Gasteiger charge is 2.29. The lowest BCUT2D eigenvalue weighted by molar-refractivity contribution is -0.131. The zero-order valence-electron chi connectivity index (χ0n) is 10.6. The van der Waals surface area contributed by atoms with Crippen LogP contribution in [0.4, 0.5) is 13.2 Å². The topological polar surface area (TPSA) is 54.4 Å². The molecule has 21 heavy (non-hydrogen) atoms. The Kier molecular flexibility index (Phi) is 6.03. The summed E-state index contributed by atoms with van der Waals surface area (Å²) in [5, 5.41) is 8.62. The van der Waals surface area contributed by atoms with E-state index in [2.05, 4.69) is 15.9 Å². The molecule has 0 aliphatic heterocycles. The van der Waals surface area contributed by atoms with E-state index in [4.69, 9.17) is 5.11 Å². The molecule has 1 aromatic carbocycles. The molecule has 0 saturated heterocycles. The zero-order chi connectivity index (χ0) is 16.2. The molecule has 0 aliphatic rings. The fourth-order valence-corrected chi connectivity index (χ4v) is 2.51. The predicted molar refractivity (Wildman–Crippen MR) is 77.4 cm³/mol. The molecule has 1 atom stereocenters. The fourth-order valence-electron chi connectivity index (χ4n) is 1.51. The molecule has 0 amide bonds. The maximum absolute atomic E-state index is 12.4. The maximum Gasteiger partial charge on any atom is 0.446 e. The lowest BCUT2D eigenvalue weighted by Crippen LogP contribution is -2.04. The van der Waals surface area contributed by atoms with E-state index in [1.54, 1.807) is 0 Å². The monoisotopic (exact) mass is 382 g/mol. The van der Waals surface area contributed by atoms with Gasteiger partial charge in [0.15, 0.2) is 0 Å². The first-order valence-corrected chi connectivity index (χ1v) is 7.28. The summed E-state index contributed by atoms with van der Waals surface area (Å²) in [4.78, 5) is 21.1. The molecule has 114 valence electrons. The largest absolute Gasteiger partial charge is 0.478 e. The van der Waals surface area contributed by atoms with Gasteiger partial charge in [0.05, 0.1) is 4.83 Å². The minimum atomic E-state index is -4.44. The molecule has 1 unspecified atom stereocenters. The average Bonchev–Trinajstić information content (AvgIpc) is 2.33. The Morgan fingerprint density at radius 2 is 2.00 bits per heavy atom. The Hall–Kier alpha value is -1.28. The van der Waals surface area contributed by atoms with Crippen molar-refractivity contribution in [2.75, 3.05) is 0 Å². The number of carboxylic acids is 1. The van der Waals surface area contributed by atoms with Crippen LogP contribution in [-0.4, -0.2) is 22.4 Å². The molecule has 1 N–H and O–H groups in total. The summed E-state index contributed by atoms with van der Waals surface area (Å²) in [6, 6.07) is 3.81. The Labute approximate surface area is 131 Å². The minimum absolute atomic E-state index is 0.0838. The van der Waals surface area contributed by atoms with Crippen LogP contribution >= 0.6 is 27.7 Å². The van der Waals surface area contributed by atoms with Gasteiger partial charge in [0.1, 0.15) is 5.78 Å². The molecule has 1 aromatic rings. The normalized spacial score (nSPS) is 13.4. The fraction of sp³-hybridized carbons (Fsp3) is 0.231. The Bertz CT molecular complexity index is 585. The van der Waals surface area contributed by atoms with E-state index >= 15 is 0 Å². The highest BCUT2D eigenvalue weighted by Crippen LogP contribution is 2.39. The van der Waals surface area contributed by atoms with Crippen LogP contribution in [0.1, 0.15) is 22.9 Å². The number of hydrogen-bond donors (Lipinski definition) is 1. The van der Waals surface area contributed by atoms with Crippen LogP contribution < -0.4 is 0 Å². The van der Waals surface area contributed by atoms with E-state index in [0.717, 1.165) is 12.2 Å². The van der Waals surface area contributed by atoms with Crippen molar-refractivity contribution in [2.45, 2.75) is 22.2 Å². The summed E-state index contributed by atoms with van der Waals surface area (Å²) in [5.74, 6) is -1.47. The molecule has 1 rings (SSSR count). The Morgan fingerprint density at radius 3 is 2.48 bits per heavy atom. The van der Waals surface area contributed by atoms with Gasteiger partial charge in [0.25, 0.3) is 0 Å². The molecule has 0 aromatic heterocycles. The number of rotatable bonds is 5. The summed E-state index contributed by atoms with van der Waals surface area (Å²) >= 11 is 2.83. The number of aliphatic carboxylic acids is 1. The number of carboxylic acid groups (broad SMARTS) is 1. The molecule has 0 fully saturated rings. The van der Waals surface area contributed by atoms with E-state index in [0.29, 0.717) is 5.56 Å². The smallest absolute Gasteiger partial charge is 0.446 e. The molecule has 8 heteroatoms. The van der Waals surface area contributed by atoms with Crippen LogP contribution in [0.5, 0.6) is 0 Å². The van der Waals surface area contributed by atoms with Gasteiger partial charge in [0, 0.05) is 11.0 Å². The van der Waals surface area contributed by atoms with Crippen molar-refractivity contribution in [1.82, 2.24) is 0 Å². The van der Waals surface area contributed by atoms with Crippen LogP contribution in [0, 0.1) is 0 Å². The third kappa shape index (κ3) is 5.92. The van der Waals surface area contributed by atoms with E-state index < -0.39 is 16.3 Å². The van der Waals surface area contributed by atoms with Gasteiger partial charge < -0.3 is 5.11 Å². The average molecular weight is 383 g/mol. The summed E-state index contributed by atoms with van der Waals surface area (Å²) in [6.45, 7) is 1.32. The molecular formula is C13H10BrF3O3S. The molecular weight excluding hydrogens is 373 g/mol. The van der Waals surface area contributed by atoms with Gasteiger partial charge in [-0.05, 0) is 48.0 Å². The lowest BCUT2D eigenvalue weighted by Gasteiger charge is -2.13. The predicted octanol–water partition coefficient (Wildman–Crippen LogP) is 4.42. The van der Waals surface area contributed by atoms with Crippen LogP contribution in [0.15, 0.2) is 29.2 Å². The van der Waals surface area contributed by atoms with Crippen molar-refractivity contribution in [1.29, 1.82) is 0 Å². The van der Waals surface area contributed by atoms with Crippen LogP contribution in [0.3, 0.4) is 0 Å². The zero-order valence-corrected chi connectivity index (χ0v) is 13.1. The number of alkyl halides is 4. The number of halogens is 4. The first-order chi connectivity index (χ1) is 9.60. The van der Waals surface area contributed by atoms with Crippen LogP contribution in [0.2, 0.25) is 0 Å². The SMILES string of the molecule is CC(=O)C(Br)c1ccc(SC(F)(F)F)cc1C=CC(=O)O. The second-order valence-electron chi connectivity index (χ2n) is 3.98. The number of carbonyl (C=O) groups is 2. The minimum Gasteiger partial charge on any atom is -0.478 e. The number of Topliss-reactive ketones (excluding diaryl/α,β-unsaturated/α-hetero) is 1. The summed E-state index contributed by atoms with van der Waals surface area (Å²) in [6.07, 6.45) is 1.97. The molecule has 0 bridgehead atoms. The highest BCUT2D eigenvalue weighted by molar-refractivity contribution is 9.09. The van der Waals surface area contributed by atoms with E-state index in [9.17, 15) is 22.8 Å². The molecule has 0 saturated carbocycles. The van der Waals surface area contributed by atoms with E-state index in [-0.39, 0.29) is 28.0 Å². The van der Waals surface area contributed by atoms with Crippen molar-refractivity contribution in [3.8, 4) is 0 Å². The summed E-state index contributed by atoms with van der Waals surface area (Å²) in [7, 11) is 0. The van der Waals surface area contributed by atoms with Crippen molar-refractivity contribution in [2.24, 2.45) is 0 Å². The third-order valence-electron chi connectivity index (χ3n) is 2.33. The first kappa shape index (κ1) is 17.8. The number of hydrogen-bond acceptors (Lipinski definition) is 3. The van der Waals surface area contributed by atoms with E-state index in [1.165, 1.54) is 25.1 Å². The lowest BCUT2D eigenvalue weighted by atomic mass is 10.0. The number of thioether (sulfide) groups is 1. The van der Waals surface area contributed by atoms with Crippen molar-refractivity contribution in [3.05, 3.63) is 35.4 Å². The second-order valence-corrected chi connectivity index (χ2v) is 6.04. The standard InChI is InChI=1S/C13H10BrF3O3S/c1-7(18)12(14)10-4-3-9(21-13(15,16)17)6-8(10)2-5-11(19)20/h2-6,12H,1H3,(H,19,20). The van der Waals surface area contributed by atoms with Gasteiger partial charge in [-0.2, -0.15) is 13.2 Å². The van der Waals surface area contributed by atoms with Crippen LogP contribution in [0.25, 0.3) is 6.08 Å². The van der Waals surface area contributed by atoms with Gasteiger partial charge in [-0.3, -0.25) is 4.79 Å². The molecule has 0 heterocycles. The van der Waals surface area contributed by atoms with Crippen LogP contribution in [-0.2, 0) is 9.59 Å². The third-order valence-corrected chi connectivity index (χ3v) is 4.19. The number of ketones is 1. The molecule has 0 aliphatic carbocycles. The van der Waals surface area contributed by atoms with Gasteiger partial charge in [0.2, 0.25) is 0 Å². The molecule has 3 nitrogen and oxygen atoms in total. The second kappa shape index (κ2) is 7.13. The van der Waals surface area contributed by atoms with E-state index in [1.807, 2.05) is 0 Å². The Morgan fingerprint density at radius 1 is 1.38 bits per heavy atom. The maximum atomic E-state index is 12.4. The van der Waals surface area contributed by atoms with Crippen molar-refractivity contribution < 1.29 is 27.9 Å². The van der Waals surface area contributed by atoms with Gasteiger partial charge in [-0.25, -0.2) is 4.79 Å². The quantitative estimate of drug-likeness (QED) is 0.465. The van der Waals surface area contributed by atoms with Gasteiger partial charge >= 0.3 is 11.5 Å². The highest BCUT2D eigenvalue weighted by atomic mass is 79.9.